The minimum absolute atomic E-state index is 0.710. The highest BCUT2D eigenvalue weighted by atomic mass is 15.1. The summed E-state index contributed by atoms with van der Waals surface area (Å²) < 4.78 is 0. The number of benzene rings is 2. The van der Waals surface area contributed by atoms with E-state index in [2.05, 4.69) is 51.7 Å². The molecule has 0 saturated carbocycles. The molecule has 0 spiro atoms. The molecule has 0 fully saturated rings. The number of hydrogen-bond acceptors (Lipinski definition) is 5. The maximum atomic E-state index is 6.05. The first-order valence-electron chi connectivity index (χ1n) is 8.03. The van der Waals surface area contributed by atoms with Crippen molar-refractivity contribution in [2.75, 3.05) is 50.6 Å². The second-order valence-electron chi connectivity index (χ2n) is 6.10. The Bertz CT molecular complexity index is 837. The van der Waals surface area contributed by atoms with Crippen LogP contribution in [0.4, 0.5) is 17.1 Å². The zero-order valence-electron chi connectivity index (χ0n) is 14.4. The van der Waals surface area contributed by atoms with Crippen LogP contribution >= 0.6 is 0 Å². The molecule has 126 valence electrons. The predicted octanol–water partition coefficient (Wildman–Crippen LogP) is 2.83. The number of aromatic amines is 1. The maximum Gasteiger partial charge on any atom is 0.138 e. The molecule has 6 heteroatoms. The van der Waals surface area contributed by atoms with Crippen LogP contribution in [0, 0.1) is 0 Å². The average Bonchev–Trinajstić information content (AvgIpc) is 2.97. The lowest BCUT2D eigenvalue weighted by Crippen LogP contribution is -2.20. The Morgan fingerprint density at radius 2 is 2.00 bits per heavy atom. The second-order valence-corrected chi connectivity index (χ2v) is 6.10. The Hall–Kier alpha value is -2.73. The summed E-state index contributed by atoms with van der Waals surface area (Å²) in [7, 11) is 5.99. The van der Waals surface area contributed by atoms with Gasteiger partial charge in [-0.05, 0) is 50.5 Å². The number of hydrogen-bond donors (Lipinski definition) is 4. The van der Waals surface area contributed by atoms with Gasteiger partial charge in [0.05, 0.1) is 22.4 Å². The SMILES string of the molecule is CNc1ccc(-c2nc3ccc(NCCN(C)C)cc3[nH]2)cc1N. The van der Waals surface area contributed by atoms with E-state index in [1.165, 1.54) is 0 Å². The topological polar surface area (TPSA) is 82.0 Å². The van der Waals surface area contributed by atoms with Crippen LogP contribution in [-0.2, 0) is 0 Å². The number of aromatic nitrogens is 2. The molecule has 2 aromatic carbocycles. The number of anilines is 3. The number of rotatable bonds is 6. The van der Waals surface area contributed by atoms with Crippen molar-refractivity contribution >= 4 is 28.1 Å². The van der Waals surface area contributed by atoms with Gasteiger partial charge in [-0.2, -0.15) is 0 Å². The molecular weight excluding hydrogens is 300 g/mol. The summed E-state index contributed by atoms with van der Waals surface area (Å²) in [5.41, 5.74) is 11.7. The summed E-state index contributed by atoms with van der Waals surface area (Å²) in [6.07, 6.45) is 0. The molecule has 3 aromatic rings. The van der Waals surface area contributed by atoms with Gasteiger partial charge in [0.2, 0.25) is 0 Å². The van der Waals surface area contributed by atoms with Gasteiger partial charge in [-0.3, -0.25) is 0 Å². The Labute approximate surface area is 142 Å². The normalized spacial score (nSPS) is 11.2. The highest BCUT2D eigenvalue weighted by molar-refractivity contribution is 5.83. The van der Waals surface area contributed by atoms with Crippen LogP contribution < -0.4 is 16.4 Å². The fourth-order valence-corrected chi connectivity index (χ4v) is 2.62. The van der Waals surface area contributed by atoms with E-state index < -0.39 is 0 Å². The molecule has 24 heavy (non-hydrogen) atoms. The molecule has 1 heterocycles. The molecular formula is C18H24N6. The molecule has 0 unspecified atom stereocenters. The quantitative estimate of drug-likeness (QED) is 0.524. The van der Waals surface area contributed by atoms with E-state index >= 15 is 0 Å². The van der Waals surface area contributed by atoms with Crippen LogP contribution in [0.25, 0.3) is 22.4 Å². The van der Waals surface area contributed by atoms with Gasteiger partial charge in [-0.15, -0.1) is 0 Å². The molecule has 0 amide bonds. The number of fused-ring (bicyclic) bond motifs is 1. The van der Waals surface area contributed by atoms with Crippen molar-refractivity contribution in [3.05, 3.63) is 36.4 Å². The number of nitrogens with zero attached hydrogens (tertiary/aromatic N) is 2. The summed E-state index contributed by atoms with van der Waals surface area (Å²) in [5.74, 6) is 0.824. The maximum absolute atomic E-state index is 6.05. The summed E-state index contributed by atoms with van der Waals surface area (Å²) in [6.45, 7) is 1.89. The minimum Gasteiger partial charge on any atom is -0.397 e. The van der Waals surface area contributed by atoms with Gasteiger partial charge in [0.15, 0.2) is 0 Å². The lowest BCUT2D eigenvalue weighted by atomic mass is 10.1. The zero-order chi connectivity index (χ0) is 17.1. The predicted molar refractivity (Wildman–Crippen MR) is 103 cm³/mol. The highest BCUT2D eigenvalue weighted by Gasteiger charge is 2.08. The summed E-state index contributed by atoms with van der Waals surface area (Å²) in [6, 6.07) is 12.1. The number of likely N-dealkylation sites (N-methyl/N-ethyl adjacent to an activating group) is 1. The Balaban J connectivity index is 1.84. The van der Waals surface area contributed by atoms with Crippen LogP contribution in [-0.4, -0.2) is 49.1 Å². The van der Waals surface area contributed by atoms with Gasteiger partial charge in [0.1, 0.15) is 5.82 Å². The van der Waals surface area contributed by atoms with Crippen molar-refractivity contribution in [1.29, 1.82) is 0 Å². The zero-order valence-corrected chi connectivity index (χ0v) is 14.4. The van der Waals surface area contributed by atoms with Crippen LogP contribution in [0.2, 0.25) is 0 Å². The van der Waals surface area contributed by atoms with Gasteiger partial charge in [-0.25, -0.2) is 4.98 Å². The van der Waals surface area contributed by atoms with E-state index in [9.17, 15) is 0 Å². The minimum atomic E-state index is 0.710. The Morgan fingerprint density at radius 1 is 1.17 bits per heavy atom. The highest BCUT2D eigenvalue weighted by Crippen LogP contribution is 2.27. The number of nitrogens with two attached hydrogens (primary N) is 1. The molecule has 0 bridgehead atoms. The summed E-state index contributed by atoms with van der Waals surface area (Å²) >= 11 is 0. The van der Waals surface area contributed by atoms with Crippen molar-refractivity contribution in [2.45, 2.75) is 0 Å². The molecule has 6 nitrogen and oxygen atoms in total. The van der Waals surface area contributed by atoms with E-state index in [1.807, 2.05) is 31.3 Å². The van der Waals surface area contributed by atoms with E-state index in [1.54, 1.807) is 0 Å². The first kappa shape index (κ1) is 16.1. The third-order valence-electron chi connectivity index (χ3n) is 3.96. The molecule has 0 aliphatic rings. The van der Waals surface area contributed by atoms with Crippen molar-refractivity contribution in [3.63, 3.8) is 0 Å². The number of imidazole rings is 1. The number of nitrogens with one attached hydrogen (secondary N) is 3. The lowest BCUT2D eigenvalue weighted by molar-refractivity contribution is 0.425. The molecule has 0 aliphatic carbocycles. The van der Waals surface area contributed by atoms with Crippen LogP contribution in [0.1, 0.15) is 0 Å². The monoisotopic (exact) mass is 324 g/mol. The summed E-state index contributed by atoms with van der Waals surface area (Å²) in [5, 5.41) is 6.49. The third kappa shape index (κ3) is 3.44. The van der Waals surface area contributed by atoms with E-state index in [0.29, 0.717) is 5.69 Å². The first-order valence-corrected chi connectivity index (χ1v) is 8.03. The van der Waals surface area contributed by atoms with Crippen LogP contribution in [0.5, 0.6) is 0 Å². The third-order valence-corrected chi connectivity index (χ3v) is 3.96. The standard InChI is InChI=1S/C18H24N6/c1-20-15-6-4-12(10-14(15)19)18-22-16-7-5-13(11-17(16)23-18)21-8-9-24(2)3/h4-7,10-11,20-21H,8-9,19H2,1-3H3,(H,22,23). The molecule has 1 aromatic heterocycles. The summed E-state index contributed by atoms with van der Waals surface area (Å²) in [4.78, 5) is 10.2. The van der Waals surface area contributed by atoms with Crippen molar-refractivity contribution < 1.29 is 0 Å². The van der Waals surface area contributed by atoms with Crippen molar-refractivity contribution in [1.82, 2.24) is 14.9 Å². The van der Waals surface area contributed by atoms with Crippen LogP contribution in [0.15, 0.2) is 36.4 Å². The largest absolute Gasteiger partial charge is 0.397 e. The Morgan fingerprint density at radius 3 is 2.71 bits per heavy atom. The molecule has 0 radical (unpaired) electrons. The average molecular weight is 324 g/mol. The van der Waals surface area contributed by atoms with Gasteiger partial charge in [0, 0.05) is 31.4 Å². The van der Waals surface area contributed by atoms with Gasteiger partial charge in [0.25, 0.3) is 0 Å². The molecule has 0 saturated heterocycles. The molecule has 5 N–H and O–H groups in total. The fraction of sp³-hybridized carbons (Fsp3) is 0.278. The fourth-order valence-electron chi connectivity index (χ4n) is 2.62. The van der Waals surface area contributed by atoms with E-state index in [-0.39, 0.29) is 0 Å². The van der Waals surface area contributed by atoms with Gasteiger partial charge in [-0.1, -0.05) is 0 Å². The smallest absolute Gasteiger partial charge is 0.138 e. The molecule has 0 atom stereocenters. The Kier molecular flexibility index (Phi) is 4.57. The molecule has 0 aliphatic heterocycles. The number of nitrogen functional groups attached to an aromatic ring is 1. The molecule has 3 rings (SSSR count). The van der Waals surface area contributed by atoms with E-state index in [4.69, 9.17) is 5.73 Å². The van der Waals surface area contributed by atoms with Gasteiger partial charge >= 0.3 is 0 Å². The van der Waals surface area contributed by atoms with Crippen molar-refractivity contribution in [3.8, 4) is 11.4 Å². The first-order chi connectivity index (χ1) is 11.6. The number of H-pyrrole nitrogens is 1. The van der Waals surface area contributed by atoms with Crippen molar-refractivity contribution in [2.24, 2.45) is 0 Å². The van der Waals surface area contributed by atoms with Crippen LogP contribution in [0.3, 0.4) is 0 Å². The second kappa shape index (κ2) is 6.80. The van der Waals surface area contributed by atoms with Gasteiger partial charge < -0.3 is 26.3 Å². The van der Waals surface area contributed by atoms with E-state index in [0.717, 1.165) is 46.9 Å². The lowest BCUT2D eigenvalue weighted by Gasteiger charge is -2.11.